The summed E-state index contributed by atoms with van der Waals surface area (Å²) < 4.78 is 7.81. The molecule has 0 fully saturated rings. The van der Waals surface area contributed by atoms with Crippen molar-refractivity contribution in [2.24, 2.45) is 0 Å². The van der Waals surface area contributed by atoms with Gasteiger partial charge in [-0.25, -0.2) is 9.97 Å². The summed E-state index contributed by atoms with van der Waals surface area (Å²) >= 11 is 8.91. The third kappa shape index (κ3) is 5.24. The van der Waals surface area contributed by atoms with Crippen LogP contribution < -0.4 is 4.74 Å². The molecule has 166 valence electrons. The van der Waals surface area contributed by atoms with Crippen molar-refractivity contribution >= 4 is 54.2 Å². The summed E-state index contributed by atoms with van der Waals surface area (Å²) in [5.41, 5.74) is 7.00. The second kappa shape index (κ2) is 10.9. The SMILES string of the molecule is CCCCOc1ccc(-c2nc3c(Br)sc(Br)c3nc2-c2ccc(CCCC)cc2)cc1. The van der Waals surface area contributed by atoms with E-state index in [4.69, 9.17) is 14.7 Å². The highest BCUT2D eigenvalue weighted by Crippen LogP contribution is 2.41. The zero-order chi connectivity index (χ0) is 22.5. The number of ether oxygens (including phenoxy) is 1. The van der Waals surface area contributed by atoms with Crippen LogP contribution in [0, 0.1) is 0 Å². The number of aromatic nitrogens is 2. The summed E-state index contributed by atoms with van der Waals surface area (Å²) in [4.78, 5) is 10.1. The second-order valence-electron chi connectivity index (χ2n) is 7.79. The Bertz CT molecular complexity index is 1190. The topological polar surface area (TPSA) is 35.0 Å². The van der Waals surface area contributed by atoms with Crippen LogP contribution in [0.3, 0.4) is 0 Å². The van der Waals surface area contributed by atoms with E-state index in [0.717, 1.165) is 72.7 Å². The van der Waals surface area contributed by atoms with Crippen LogP contribution in [-0.4, -0.2) is 16.6 Å². The van der Waals surface area contributed by atoms with Crippen LogP contribution in [0.15, 0.2) is 56.1 Å². The molecule has 0 aliphatic rings. The zero-order valence-corrected chi connectivity index (χ0v) is 22.3. The van der Waals surface area contributed by atoms with Crippen LogP contribution in [0.2, 0.25) is 0 Å². The van der Waals surface area contributed by atoms with Gasteiger partial charge < -0.3 is 4.74 Å². The molecule has 0 saturated carbocycles. The number of benzene rings is 2. The molecule has 0 bridgehead atoms. The molecule has 4 aromatic rings. The van der Waals surface area contributed by atoms with Gasteiger partial charge in [-0.15, -0.1) is 11.3 Å². The minimum atomic E-state index is 0.743. The van der Waals surface area contributed by atoms with Gasteiger partial charge >= 0.3 is 0 Å². The smallest absolute Gasteiger partial charge is 0.119 e. The number of hydrogen-bond acceptors (Lipinski definition) is 4. The number of rotatable bonds is 9. The molecule has 32 heavy (non-hydrogen) atoms. The Labute approximate surface area is 210 Å². The fourth-order valence-corrected chi connectivity index (χ4v) is 6.35. The molecule has 0 radical (unpaired) electrons. The third-order valence-electron chi connectivity index (χ3n) is 5.39. The highest BCUT2D eigenvalue weighted by molar-refractivity contribution is 9.12. The predicted octanol–water partition coefficient (Wildman–Crippen LogP) is 9.07. The molecule has 0 aliphatic carbocycles. The standard InChI is InChI=1S/C26H26Br2N2OS/c1-3-5-7-17-8-10-18(11-9-17)21-22(30-24-23(29-21)25(27)32-26(24)28)19-12-14-20(15-13-19)31-16-6-4-2/h8-15H,3-7,16H2,1-2H3. The minimum absolute atomic E-state index is 0.743. The Hall–Kier alpha value is -1.76. The summed E-state index contributed by atoms with van der Waals surface area (Å²) in [5.74, 6) is 0.887. The normalized spacial score (nSPS) is 11.2. The number of fused-ring (bicyclic) bond motifs is 1. The average Bonchev–Trinajstić information content (AvgIpc) is 3.10. The summed E-state index contributed by atoms with van der Waals surface area (Å²) in [6, 6.07) is 17.0. The van der Waals surface area contributed by atoms with E-state index in [1.807, 2.05) is 12.1 Å². The molecule has 4 rings (SSSR count). The number of thiophene rings is 1. The van der Waals surface area contributed by atoms with E-state index in [1.165, 1.54) is 18.4 Å². The molecule has 2 heterocycles. The maximum Gasteiger partial charge on any atom is 0.119 e. The van der Waals surface area contributed by atoms with Crippen molar-refractivity contribution in [3.05, 3.63) is 61.7 Å². The van der Waals surface area contributed by atoms with Crippen LogP contribution in [0.5, 0.6) is 5.75 Å². The van der Waals surface area contributed by atoms with Crippen molar-refractivity contribution in [1.82, 2.24) is 9.97 Å². The van der Waals surface area contributed by atoms with Gasteiger partial charge in [0, 0.05) is 11.1 Å². The van der Waals surface area contributed by atoms with Gasteiger partial charge in [0.05, 0.1) is 25.6 Å². The van der Waals surface area contributed by atoms with Gasteiger partial charge in [-0.3, -0.25) is 0 Å². The number of nitrogens with zero attached hydrogens (tertiary/aromatic N) is 2. The lowest BCUT2D eigenvalue weighted by molar-refractivity contribution is 0.309. The van der Waals surface area contributed by atoms with E-state index in [-0.39, 0.29) is 0 Å². The Morgan fingerprint density at radius 1 is 0.750 bits per heavy atom. The van der Waals surface area contributed by atoms with Gasteiger partial charge in [-0.2, -0.15) is 0 Å². The van der Waals surface area contributed by atoms with E-state index in [1.54, 1.807) is 11.3 Å². The first-order valence-electron chi connectivity index (χ1n) is 11.1. The molecule has 0 spiro atoms. The lowest BCUT2D eigenvalue weighted by Crippen LogP contribution is -1.97. The van der Waals surface area contributed by atoms with Crippen LogP contribution in [0.1, 0.15) is 45.1 Å². The number of aryl methyl sites for hydroxylation is 1. The van der Waals surface area contributed by atoms with Crippen molar-refractivity contribution in [3.63, 3.8) is 0 Å². The van der Waals surface area contributed by atoms with Crippen molar-refractivity contribution < 1.29 is 4.74 Å². The van der Waals surface area contributed by atoms with Crippen molar-refractivity contribution in [2.75, 3.05) is 6.61 Å². The van der Waals surface area contributed by atoms with Crippen molar-refractivity contribution in [1.29, 1.82) is 0 Å². The van der Waals surface area contributed by atoms with Gasteiger partial charge in [0.25, 0.3) is 0 Å². The molecule has 0 atom stereocenters. The molecule has 0 saturated heterocycles. The van der Waals surface area contributed by atoms with Crippen molar-refractivity contribution in [3.8, 4) is 28.3 Å². The molecule has 0 aliphatic heterocycles. The first kappa shape index (κ1) is 23.4. The zero-order valence-electron chi connectivity index (χ0n) is 18.3. The first-order chi connectivity index (χ1) is 15.6. The van der Waals surface area contributed by atoms with Crippen LogP contribution in [0.25, 0.3) is 33.5 Å². The van der Waals surface area contributed by atoms with Crippen LogP contribution in [-0.2, 0) is 6.42 Å². The molecule has 3 nitrogen and oxygen atoms in total. The van der Waals surface area contributed by atoms with E-state index in [9.17, 15) is 0 Å². The second-order valence-corrected chi connectivity index (χ2v) is 11.5. The lowest BCUT2D eigenvalue weighted by atomic mass is 10.0. The minimum Gasteiger partial charge on any atom is -0.494 e. The van der Waals surface area contributed by atoms with Gasteiger partial charge in [0.15, 0.2) is 0 Å². The fraction of sp³-hybridized carbons (Fsp3) is 0.308. The van der Waals surface area contributed by atoms with Gasteiger partial charge in [-0.05, 0) is 81.0 Å². The van der Waals surface area contributed by atoms with Gasteiger partial charge in [-0.1, -0.05) is 51.0 Å². The quantitative estimate of drug-likeness (QED) is 0.187. The Kier molecular flexibility index (Phi) is 7.98. The Balaban J connectivity index is 1.76. The highest BCUT2D eigenvalue weighted by atomic mass is 79.9. The van der Waals surface area contributed by atoms with E-state index < -0.39 is 0 Å². The summed E-state index contributed by atoms with van der Waals surface area (Å²) in [7, 11) is 0. The molecule has 0 N–H and O–H groups in total. The maximum absolute atomic E-state index is 5.84. The van der Waals surface area contributed by atoms with Crippen LogP contribution in [0.4, 0.5) is 0 Å². The summed E-state index contributed by atoms with van der Waals surface area (Å²) in [5, 5.41) is 0. The third-order valence-corrected chi connectivity index (χ3v) is 7.86. The number of hydrogen-bond donors (Lipinski definition) is 0. The highest BCUT2D eigenvalue weighted by Gasteiger charge is 2.18. The Morgan fingerprint density at radius 3 is 1.81 bits per heavy atom. The van der Waals surface area contributed by atoms with E-state index >= 15 is 0 Å². The molecule has 0 unspecified atom stereocenters. The average molecular weight is 574 g/mol. The largest absolute Gasteiger partial charge is 0.494 e. The summed E-state index contributed by atoms with van der Waals surface area (Å²) in [6.07, 6.45) is 5.70. The molecular weight excluding hydrogens is 548 g/mol. The molecule has 6 heteroatoms. The van der Waals surface area contributed by atoms with E-state index in [0.29, 0.717) is 0 Å². The monoisotopic (exact) mass is 572 g/mol. The molecule has 2 aromatic carbocycles. The van der Waals surface area contributed by atoms with Crippen LogP contribution >= 0.6 is 43.2 Å². The molecule has 2 aromatic heterocycles. The Morgan fingerprint density at radius 2 is 1.28 bits per heavy atom. The van der Waals surface area contributed by atoms with Gasteiger partial charge in [0.2, 0.25) is 0 Å². The van der Waals surface area contributed by atoms with E-state index in [2.05, 4.69) is 82.1 Å². The molecule has 0 amide bonds. The molecular formula is C26H26Br2N2OS. The van der Waals surface area contributed by atoms with Gasteiger partial charge in [0.1, 0.15) is 16.8 Å². The first-order valence-corrected chi connectivity index (χ1v) is 13.5. The lowest BCUT2D eigenvalue weighted by Gasteiger charge is -2.11. The van der Waals surface area contributed by atoms with Crippen molar-refractivity contribution in [2.45, 2.75) is 46.0 Å². The predicted molar refractivity (Wildman–Crippen MR) is 143 cm³/mol. The number of halogens is 2. The maximum atomic E-state index is 5.84. The summed E-state index contributed by atoms with van der Waals surface area (Å²) in [6.45, 7) is 5.13. The number of unbranched alkanes of at least 4 members (excludes halogenated alkanes) is 2. The fourth-order valence-electron chi connectivity index (χ4n) is 3.54.